The van der Waals surface area contributed by atoms with Crippen LogP contribution < -0.4 is 20.1 Å². The Hall–Kier alpha value is -4.64. The highest BCUT2D eigenvalue weighted by molar-refractivity contribution is 5.96. The first-order valence-electron chi connectivity index (χ1n) is 13.0. The molecule has 4 aromatic rings. The molecule has 11 heteroatoms. The molecule has 2 fully saturated rings. The first-order chi connectivity index (χ1) is 19.5. The number of nitrogens with zero attached hydrogens (tertiary/aromatic N) is 3. The summed E-state index contributed by atoms with van der Waals surface area (Å²) in [6.45, 7) is 1.13. The van der Waals surface area contributed by atoms with E-state index in [1.54, 1.807) is 38.5 Å². The Labute approximate surface area is 230 Å². The molecule has 1 saturated heterocycles. The minimum absolute atomic E-state index is 0.0813. The van der Waals surface area contributed by atoms with Gasteiger partial charge >= 0.3 is 0 Å². The molecular formula is C29H30N6O5. The van der Waals surface area contributed by atoms with Crippen LogP contribution in [0, 0.1) is 0 Å². The van der Waals surface area contributed by atoms with Gasteiger partial charge in [0.25, 0.3) is 5.91 Å². The minimum Gasteiger partial charge on any atom is -0.497 e. The topological polar surface area (TPSA) is 131 Å². The van der Waals surface area contributed by atoms with E-state index in [4.69, 9.17) is 14.2 Å². The van der Waals surface area contributed by atoms with Gasteiger partial charge in [-0.15, -0.1) is 0 Å². The van der Waals surface area contributed by atoms with E-state index < -0.39 is 0 Å². The summed E-state index contributed by atoms with van der Waals surface area (Å²) < 4.78 is 16.2. The molecule has 0 radical (unpaired) electrons. The van der Waals surface area contributed by atoms with Gasteiger partial charge in [-0.3, -0.25) is 14.7 Å². The molecule has 2 atom stereocenters. The van der Waals surface area contributed by atoms with Crippen molar-refractivity contribution < 1.29 is 23.8 Å². The number of anilines is 3. The average Bonchev–Trinajstić information content (AvgIpc) is 3.66. The lowest BCUT2D eigenvalue weighted by molar-refractivity contribution is -0.105. The number of nitrogens with one attached hydrogen (secondary N) is 3. The van der Waals surface area contributed by atoms with Crippen LogP contribution in [-0.2, 0) is 9.53 Å². The van der Waals surface area contributed by atoms with Crippen molar-refractivity contribution in [3.05, 3.63) is 65.4 Å². The predicted octanol–water partition coefficient (Wildman–Crippen LogP) is 4.03. The molecule has 3 N–H and O–H groups in total. The van der Waals surface area contributed by atoms with Gasteiger partial charge in [0.05, 0.1) is 31.4 Å². The van der Waals surface area contributed by atoms with E-state index in [9.17, 15) is 9.59 Å². The molecule has 0 bridgehead atoms. The molecule has 1 saturated carbocycles. The summed E-state index contributed by atoms with van der Waals surface area (Å²) in [4.78, 5) is 30.0. The maximum absolute atomic E-state index is 12.8. The molecule has 0 spiro atoms. The van der Waals surface area contributed by atoms with Gasteiger partial charge in [-0.2, -0.15) is 5.10 Å². The van der Waals surface area contributed by atoms with Gasteiger partial charge in [0.2, 0.25) is 6.41 Å². The van der Waals surface area contributed by atoms with Gasteiger partial charge < -0.3 is 29.7 Å². The fourth-order valence-electron chi connectivity index (χ4n) is 5.30. The second-order valence-corrected chi connectivity index (χ2v) is 10.0. The van der Waals surface area contributed by atoms with Gasteiger partial charge in [0.1, 0.15) is 5.75 Å². The van der Waals surface area contributed by atoms with Crippen LogP contribution in [0.4, 0.5) is 17.3 Å². The van der Waals surface area contributed by atoms with Gasteiger partial charge in [-0.25, -0.2) is 4.98 Å². The maximum Gasteiger partial charge on any atom is 0.255 e. The van der Waals surface area contributed by atoms with Crippen LogP contribution in [0.25, 0.3) is 10.9 Å². The summed E-state index contributed by atoms with van der Waals surface area (Å²) >= 11 is 0. The third-order valence-corrected chi connectivity index (χ3v) is 7.70. The van der Waals surface area contributed by atoms with Crippen LogP contribution in [0.5, 0.6) is 11.5 Å². The van der Waals surface area contributed by atoms with E-state index in [1.807, 2.05) is 24.3 Å². The Morgan fingerprint density at radius 3 is 2.65 bits per heavy atom. The first-order valence-corrected chi connectivity index (χ1v) is 13.0. The second-order valence-electron chi connectivity index (χ2n) is 10.0. The number of hydrogen-bond acceptors (Lipinski definition) is 8. The van der Waals surface area contributed by atoms with Crippen LogP contribution in [0.1, 0.15) is 39.7 Å². The van der Waals surface area contributed by atoms with Crippen LogP contribution in [-0.4, -0.2) is 72.9 Å². The zero-order chi connectivity index (χ0) is 27.8. The standard InChI is InChI=1S/C29H30N6O5/c1-38-18-5-7-24(31-15-36)23(10-18)22-11-21(22)16-4-6-20-25(8-16)33-34-27(20)32-28-26(40-3)9-17(12-30-28)29(37)35-13-19(14-35)39-2/h4-10,12,15,19,21-22H,11,13-14H2,1-3H3,(H,31,36)(H2,30,32,33,34). The number of benzene rings is 2. The van der Waals surface area contributed by atoms with Crippen molar-refractivity contribution in [1.29, 1.82) is 0 Å². The lowest BCUT2D eigenvalue weighted by Gasteiger charge is -2.38. The normalized spacial score (nSPS) is 18.2. The molecule has 3 heterocycles. The zero-order valence-corrected chi connectivity index (χ0v) is 22.4. The third-order valence-electron chi connectivity index (χ3n) is 7.70. The number of aromatic amines is 1. The van der Waals surface area contributed by atoms with Crippen molar-refractivity contribution >= 4 is 40.5 Å². The molecule has 40 heavy (non-hydrogen) atoms. The summed E-state index contributed by atoms with van der Waals surface area (Å²) in [7, 11) is 4.82. The number of carbonyl (C=O) groups excluding carboxylic acids is 2. The Morgan fingerprint density at radius 1 is 1.05 bits per heavy atom. The number of amides is 2. The monoisotopic (exact) mass is 542 g/mol. The molecule has 2 aromatic carbocycles. The molecule has 11 nitrogen and oxygen atoms in total. The van der Waals surface area contributed by atoms with Gasteiger partial charge in [0, 0.05) is 37.5 Å². The summed E-state index contributed by atoms with van der Waals surface area (Å²) in [6, 6.07) is 13.6. The number of H-pyrrole nitrogens is 1. The Balaban J connectivity index is 1.19. The molecule has 2 amide bonds. The van der Waals surface area contributed by atoms with E-state index in [-0.39, 0.29) is 17.9 Å². The number of aromatic nitrogens is 3. The van der Waals surface area contributed by atoms with Gasteiger partial charge in [-0.1, -0.05) is 6.07 Å². The van der Waals surface area contributed by atoms with E-state index in [0.29, 0.717) is 48.4 Å². The maximum atomic E-state index is 12.8. The molecule has 206 valence electrons. The number of fused-ring (bicyclic) bond motifs is 1. The number of ether oxygens (including phenoxy) is 3. The number of pyridine rings is 1. The number of rotatable bonds is 10. The van der Waals surface area contributed by atoms with Crippen LogP contribution in [0.2, 0.25) is 0 Å². The second kappa shape index (κ2) is 10.5. The van der Waals surface area contributed by atoms with E-state index in [0.717, 1.165) is 34.3 Å². The SMILES string of the molecule is COc1ccc(NC=O)c(C2CC2c2ccc3c(Nc4ncc(C(=O)N5CC(OC)C5)cc4OC)n[nH]c3c2)c1. The molecule has 1 aliphatic carbocycles. The largest absolute Gasteiger partial charge is 0.497 e. The lowest BCUT2D eigenvalue weighted by atomic mass is 10.0. The van der Waals surface area contributed by atoms with E-state index in [2.05, 4.69) is 37.9 Å². The van der Waals surface area contributed by atoms with Crippen LogP contribution in [0.15, 0.2) is 48.7 Å². The van der Waals surface area contributed by atoms with Crippen molar-refractivity contribution in [3.63, 3.8) is 0 Å². The van der Waals surface area contributed by atoms with Crippen molar-refractivity contribution in [2.24, 2.45) is 0 Å². The van der Waals surface area contributed by atoms with Crippen LogP contribution >= 0.6 is 0 Å². The number of carbonyl (C=O) groups is 2. The smallest absolute Gasteiger partial charge is 0.255 e. The lowest BCUT2D eigenvalue weighted by Crippen LogP contribution is -2.54. The summed E-state index contributed by atoms with van der Waals surface area (Å²) in [5, 5.41) is 14.5. The fraction of sp³-hybridized carbons (Fsp3) is 0.310. The van der Waals surface area contributed by atoms with Crippen molar-refractivity contribution in [2.45, 2.75) is 24.4 Å². The van der Waals surface area contributed by atoms with Crippen LogP contribution in [0.3, 0.4) is 0 Å². The summed E-state index contributed by atoms with van der Waals surface area (Å²) in [5.41, 5.74) is 4.40. The predicted molar refractivity (Wildman–Crippen MR) is 150 cm³/mol. The Bertz CT molecular complexity index is 1580. The quantitative estimate of drug-likeness (QED) is 0.256. The highest BCUT2D eigenvalue weighted by Crippen LogP contribution is 2.57. The first kappa shape index (κ1) is 25.6. The highest BCUT2D eigenvalue weighted by Gasteiger charge is 2.41. The van der Waals surface area contributed by atoms with Crippen molar-refractivity contribution in [1.82, 2.24) is 20.1 Å². The minimum atomic E-state index is -0.107. The third kappa shape index (κ3) is 4.68. The summed E-state index contributed by atoms with van der Waals surface area (Å²) in [5.74, 6) is 2.77. The number of hydrogen-bond donors (Lipinski definition) is 3. The van der Waals surface area contributed by atoms with Crippen molar-refractivity contribution in [3.8, 4) is 11.5 Å². The Kier molecular flexibility index (Phi) is 6.72. The molecule has 2 unspecified atom stereocenters. The molecule has 6 rings (SSSR count). The number of methoxy groups -OCH3 is 3. The highest BCUT2D eigenvalue weighted by atomic mass is 16.5. The number of likely N-dealkylation sites (tertiary alicyclic amines) is 1. The van der Waals surface area contributed by atoms with Gasteiger partial charge in [0.15, 0.2) is 17.4 Å². The fourth-order valence-corrected chi connectivity index (χ4v) is 5.30. The molecular weight excluding hydrogens is 512 g/mol. The average molecular weight is 543 g/mol. The molecule has 2 aromatic heterocycles. The summed E-state index contributed by atoms with van der Waals surface area (Å²) in [6.07, 6.45) is 3.30. The zero-order valence-electron chi connectivity index (χ0n) is 22.4. The van der Waals surface area contributed by atoms with Crippen molar-refractivity contribution in [2.75, 3.05) is 45.1 Å². The molecule has 1 aliphatic heterocycles. The van der Waals surface area contributed by atoms with E-state index in [1.165, 1.54) is 5.56 Å². The molecule has 2 aliphatic rings. The Morgan fingerprint density at radius 2 is 1.90 bits per heavy atom. The van der Waals surface area contributed by atoms with E-state index >= 15 is 0 Å². The van der Waals surface area contributed by atoms with Gasteiger partial charge in [-0.05, 0) is 65.8 Å².